The summed E-state index contributed by atoms with van der Waals surface area (Å²) in [5.41, 5.74) is 1.31. The van der Waals surface area contributed by atoms with Crippen molar-refractivity contribution in [3.8, 4) is 5.75 Å². The van der Waals surface area contributed by atoms with E-state index in [-0.39, 0.29) is 5.41 Å². The molecule has 0 heterocycles. The van der Waals surface area contributed by atoms with Gasteiger partial charge in [-0.3, -0.25) is 0 Å². The minimum atomic E-state index is 0.102. The molecule has 73 valence electrons. The van der Waals surface area contributed by atoms with E-state index in [0.29, 0.717) is 6.61 Å². The van der Waals surface area contributed by atoms with Crippen molar-refractivity contribution in [3.05, 3.63) is 29.8 Å². The number of benzene rings is 1. The van der Waals surface area contributed by atoms with E-state index >= 15 is 0 Å². The maximum absolute atomic E-state index is 5.53. The summed E-state index contributed by atoms with van der Waals surface area (Å²) >= 11 is 0. The maximum atomic E-state index is 5.53. The molecule has 1 nitrogen and oxygen atoms in total. The van der Waals surface area contributed by atoms with Crippen LogP contribution in [0.5, 0.6) is 5.75 Å². The van der Waals surface area contributed by atoms with Crippen LogP contribution < -0.4 is 4.74 Å². The molecule has 0 unspecified atom stereocenters. The second-order valence-electron chi connectivity index (χ2n) is 4.29. The minimum absolute atomic E-state index is 0.102. The number of hydrogen-bond donors (Lipinski definition) is 0. The van der Waals surface area contributed by atoms with Crippen LogP contribution >= 0.6 is 0 Å². The second kappa shape index (κ2) is 4.45. The van der Waals surface area contributed by atoms with Crippen molar-refractivity contribution in [1.29, 1.82) is 0 Å². The molecule has 0 aliphatic rings. The Bertz CT molecular complexity index is 312. The fourth-order valence-electron chi connectivity index (χ4n) is 1.35. The Morgan fingerprint density at radius 1 is 1.29 bits per heavy atom. The Hall–Kier alpha value is -1.05. The third kappa shape index (κ3) is 2.73. The van der Waals surface area contributed by atoms with Gasteiger partial charge in [0.05, 0.1) is 0 Å². The molecule has 0 N–H and O–H groups in total. The Labute approximate surface area is 87.2 Å². The van der Waals surface area contributed by atoms with Crippen molar-refractivity contribution in [3.63, 3.8) is 0 Å². The molecule has 0 saturated heterocycles. The summed E-state index contributed by atoms with van der Waals surface area (Å²) < 4.78 is 5.53. The fourth-order valence-corrected chi connectivity index (χ4v) is 1.35. The molecule has 1 aromatic carbocycles. The fraction of sp³-hybridized carbons (Fsp3) is 0.417. The van der Waals surface area contributed by atoms with Crippen LogP contribution in [0.15, 0.2) is 24.3 Å². The zero-order chi connectivity index (χ0) is 10.6. The molecule has 0 bridgehead atoms. The average molecular weight is 187 g/mol. The van der Waals surface area contributed by atoms with Crippen molar-refractivity contribution >= 4 is 13.5 Å². The molecule has 0 saturated carbocycles. The number of para-hydroxylation sites is 1. The monoisotopic (exact) mass is 187 g/mol. The topological polar surface area (TPSA) is 9.23 Å². The van der Waals surface area contributed by atoms with Gasteiger partial charge in [-0.25, -0.2) is 0 Å². The van der Waals surface area contributed by atoms with E-state index in [4.69, 9.17) is 12.2 Å². The van der Waals surface area contributed by atoms with Gasteiger partial charge in [0.2, 0.25) is 0 Å². The molecular weight excluding hydrogens is 171 g/mol. The van der Waals surface area contributed by atoms with Gasteiger partial charge in [0, 0.05) is 0 Å². The van der Waals surface area contributed by atoms with Crippen LogP contribution in [0.4, 0.5) is 0 Å². The predicted octanol–water partition coefficient (Wildman–Crippen LogP) is 2.33. The molecule has 2 heteroatoms. The van der Waals surface area contributed by atoms with Crippen molar-refractivity contribution in [2.45, 2.75) is 26.2 Å². The van der Waals surface area contributed by atoms with Gasteiger partial charge in [-0.05, 0) is 0 Å². The SMILES string of the molecule is [B]=CCOc1ccccc1C(C)(C)C. The molecule has 0 amide bonds. The molecule has 0 aromatic heterocycles. The van der Waals surface area contributed by atoms with Crippen molar-refractivity contribution in [2.75, 3.05) is 6.61 Å². The Balaban J connectivity index is 2.97. The molecule has 1 rings (SSSR count). The zero-order valence-electron chi connectivity index (χ0n) is 9.08. The van der Waals surface area contributed by atoms with E-state index in [1.54, 1.807) is 0 Å². The third-order valence-electron chi connectivity index (χ3n) is 2.03. The number of rotatable bonds is 3. The predicted molar refractivity (Wildman–Crippen MR) is 62.5 cm³/mol. The van der Waals surface area contributed by atoms with Crippen LogP contribution in [0.25, 0.3) is 0 Å². The standard InChI is InChI=1S/C12H16BO/c1-12(2,3)10-6-4-5-7-11(10)14-9-8-13/h4-8H,9H2,1-3H3. The van der Waals surface area contributed by atoms with Crippen molar-refractivity contribution < 1.29 is 4.74 Å². The summed E-state index contributed by atoms with van der Waals surface area (Å²) in [5.74, 6) is 2.43. The summed E-state index contributed by atoms with van der Waals surface area (Å²) in [4.78, 5) is 0. The normalized spacial score (nSPS) is 11.0. The first-order valence-corrected chi connectivity index (χ1v) is 4.81. The van der Waals surface area contributed by atoms with Gasteiger partial charge in [-0.1, -0.05) is 0 Å². The molecule has 0 spiro atoms. The van der Waals surface area contributed by atoms with E-state index in [1.165, 1.54) is 11.5 Å². The molecule has 0 fully saturated rings. The number of hydrogen-bond acceptors (Lipinski definition) is 1. The van der Waals surface area contributed by atoms with Crippen molar-refractivity contribution in [1.82, 2.24) is 0 Å². The molecule has 14 heavy (non-hydrogen) atoms. The average Bonchev–Trinajstić information content (AvgIpc) is 2.14. The summed E-state index contributed by atoms with van der Waals surface area (Å²) in [7, 11) is 5.29. The molecule has 1 aromatic rings. The van der Waals surface area contributed by atoms with Crippen LogP contribution in [-0.2, 0) is 5.41 Å². The first-order chi connectivity index (χ1) is 6.55. The van der Waals surface area contributed by atoms with E-state index in [0.717, 1.165) is 5.75 Å². The number of ether oxygens (including phenoxy) is 1. The summed E-state index contributed by atoms with van der Waals surface area (Å²) in [6.07, 6.45) is 0. The molecule has 0 aliphatic heterocycles. The van der Waals surface area contributed by atoms with E-state index in [2.05, 4.69) is 26.8 Å². The Kier molecular flexibility index (Phi) is 3.51. The molecule has 0 atom stereocenters. The Morgan fingerprint density at radius 3 is 2.50 bits per heavy atom. The first kappa shape index (κ1) is 11.0. The van der Waals surface area contributed by atoms with Gasteiger partial charge in [0.25, 0.3) is 0 Å². The van der Waals surface area contributed by atoms with Crippen LogP contribution in [-0.4, -0.2) is 20.1 Å². The molecular formula is C12H16BO. The molecule has 0 aliphatic carbocycles. The van der Waals surface area contributed by atoms with Crippen LogP contribution in [0, 0.1) is 0 Å². The zero-order valence-corrected chi connectivity index (χ0v) is 9.08. The third-order valence-corrected chi connectivity index (χ3v) is 2.03. The van der Waals surface area contributed by atoms with E-state index < -0.39 is 0 Å². The summed E-state index contributed by atoms with van der Waals surface area (Å²) in [6.45, 7) is 6.96. The van der Waals surface area contributed by atoms with Gasteiger partial charge in [-0.2, -0.15) is 0 Å². The molecule has 1 radical (unpaired) electrons. The van der Waals surface area contributed by atoms with Gasteiger partial charge < -0.3 is 0 Å². The van der Waals surface area contributed by atoms with Crippen LogP contribution in [0.1, 0.15) is 26.3 Å². The Morgan fingerprint density at radius 2 is 1.93 bits per heavy atom. The van der Waals surface area contributed by atoms with E-state index in [1.807, 2.05) is 18.2 Å². The van der Waals surface area contributed by atoms with Gasteiger partial charge in [-0.15, -0.1) is 0 Å². The summed E-state index contributed by atoms with van der Waals surface area (Å²) in [6, 6.07) is 8.07. The quantitative estimate of drug-likeness (QED) is 0.660. The van der Waals surface area contributed by atoms with Gasteiger partial charge in [0.15, 0.2) is 0 Å². The van der Waals surface area contributed by atoms with Crippen molar-refractivity contribution in [2.24, 2.45) is 0 Å². The van der Waals surface area contributed by atoms with Crippen LogP contribution in [0.2, 0.25) is 0 Å². The summed E-state index contributed by atoms with van der Waals surface area (Å²) in [5, 5.41) is 0. The first-order valence-electron chi connectivity index (χ1n) is 4.81. The van der Waals surface area contributed by atoms with Gasteiger partial charge in [0.1, 0.15) is 0 Å². The van der Waals surface area contributed by atoms with E-state index in [9.17, 15) is 0 Å². The second-order valence-corrected chi connectivity index (χ2v) is 4.29. The van der Waals surface area contributed by atoms with Crippen LogP contribution in [0.3, 0.4) is 0 Å². The van der Waals surface area contributed by atoms with Gasteiger partial charge >= 0.3 is 86.6 Å².